The molecule has 0 radical (unpaired) electrons. The third-order valence-corrected chi connectivity index (χ3v) is 5.30. The van der Waals surface area contributed by atoms with Gasteiger partial charge in [-0.15, -0.1) is 35.3 Å². The topological polar surface area (TPSA) is 39.7 Å². The number of aliphatic imine (C=N–C) groups is 1. The lowest BCUT2D eigenvalue weighted by atomic mass is 9.97. The van der Waals surface area contributed by atoms with Gasteiger partial charge in [0.05, 0.1) is 0 Å². The van der Waals surface area contributed by atoms with Crippen LogP contribution in [0.2, 0.25) is 0 Å². The van der Waals surface area contributed by atoms with Crippen molar-refractivity contribution in [1.82, 2.24) is 15.5 Å². The van der Waals surface area contributed by atoms with Crippen LogP contribution >= 0.6 is 35.3 Å². The maximum atomic E-state index is 4.80. The molecule has 1 aromatic heterocycles. The van der Waals surface area contributed by atoms with Gasteiger partial charge in [0.2, 0.25) is 0 Å². The second kappa shape index (κ2) is 9.84. The Kier molecular flexibility index (Phi) is 8.12. The Morgan fingerprint density at radius 2 is 2.09 bits per heavy atom. The van der Waals surface area contributed by atoms with Crippen LogP contribution in [0.25, 0.3) is 0 Å². The first-order valence-electron chi connectivity index (χ1n) is 8.63. The van der Waals surface area contributed by atoms with Gasteiger partial charge in [-0.2, -0.15) is 0 Å². The summed E-state index contributed by atoms with van der Waals surface area (Å²) in [7, 11) is 0. The third kappa shape index (κ3) is 6.58. The number of halogens is 1. The summed E-state index contributed by atoms with van der Waals surface area (Å²) in [5.41, 5.74) is 0. The zero-order chi connectivity index (χ0) is 15.2. The van der Waals surface area contributed by atoms with Gasteiger partial charge in [-0.25, -0.2) is 0 Å². The van der Waals surface area contributed by atoms with E-state index < -0.39 is 0 Å². The Morgan fingerprint density at radius 3 is 2.70 bits per heavy atom. The van der Waals surface area contributed by atoms with Gasteiger partial charge < -0.3 is 10.6 Å². The van der Waals surface area contributed by atoms with Crippen LogP contribution in [0.1, 0.15) is 37.5 Å². The highest BCUT2D eigenvalue weighted by Gasteiger charge is 2.23. The van der Waals surface area contributed by atoms with Crippen molar-refractivity contribution in [2.24, 2.45) is 10.9 Å². The number of thiophene rings is 1. The smallest absolute Gasteiger partial charge is 0.191 e. The fourth-order valence-corrected chi connectivity index (χ4v) is 3.66. The molecule has 23 heavy (non-hydrogen) atoms. The average Bonchev–Trinajstić information content (AvgIpc) is 3.20. The monoisotopic (exact) mass is 448 g/mol. The minimum Gasteiger partial charge on any atom is -0.357 e. The van der Waals surface area contributed by atoms with Crippen LogP contribution in [0.3, 0.4) is 0 Å². The maximum Gasteiger partial charge on any atom is 0.191 e. The minimum absolute atomic E-state index is 0. The first-order chi connectivity index (χ1) is 10.8. The molecule has 1 aliphatic heterocycles. The lowest BCUT2D eigenvalue weighted by Crippen LogP contribution is -2.39. The quantitative estimate of drug-likeness (QED) is 0.399. The van der Waals surface area contributed by atoms with E-state index >= 15 is 0 Å². The Labute approximate surface area is 161 Å². The molecule has 130 valence electrons. The molecule has 0 atom stereocenters. The van der Waals surface area contributed by atoms with Gasteiger partial charge in [-0.3, -0.25) is 9.89 Å². The highest BCUT2D eigenvalue weighted by Crippen LogP contribution is 2.21. The maximum absolute atomic E-state index is 4.80. The van der Waals surface area contributed by atoms with Gasteiger partial charge in [-0.1, -0.05) is 6.07 Å². The molecule has 0 unspecified atom stereocenters. The Morgan fingerprint density at radius 1 is 1.30 bits per heavy atom. The predicted octanol–water partition coefficient (Wildman–Crippen LogP) is 3.30. The zero-order valence-corrected chi connectivity index (χ0v) is 17.1. The van der Waals surface area contributed by atoms with Crippen LogP contribution in [0, 0.1) is 5.92 Å². The highest BCUT2D eigenvalue weighted by molar-refractivity contribution is 14.0. The molecule has 0 aromatic carbocycles. The molecule has 2 N–H and O–H groups in total. The number of guanidine groups is 1. The number of hydrogen-bond donors (Lipinski definition) is 2. The largest absolute Gasteiger partial charge is 0.357 e. The summed E-state index contributed by atoms with van der Waals surface area (Å²) < 4.78 is 0. The van der Waals surface area contributed by atoms with E-state index in [0.717, 1.165) is 31.5 Å². The molecule has 1 saturated heterocycles. The molecule has 6 heteroatoms. The molecule has 2 fully saturated rings. The summed E-state index contributed by atoms with van der Waals surface area (Å²) in [5.74, 6) is 1.76. The number of rotatable bonds is 6. The van der Waals surface area contributed by atoms with E-state index in [-0.39, 0.29) is 24.0 Å². The molecule has 0 spiro atoms. The van der Waals surface area contributed by atoms with Crippen molar-refractivity contribution >= 4 is 41.3 Å². The Hall–Kier alpha value is -0.340. The second-order valence-corrected chi connectivity index (χ2v) is 7.47. The molecule has 3 rings (SSSR count). The fourth-order valence-electron chi connectivity index (χ4n) is 2.91. The van der Waals surface area contributed by atoms with Gasteiger partial charge in [0, 0.05) is 30.6 Å². The van der Waals surface area contributed by atoms with Crippen molar-refractivity contribution in [3.8, 4) is 0 Å². The lowest BCUT2D eigenvalue weighted by molar-refractivity contribution is 0.182. The lowest BCUT2D eigenvalue weighted by Gasteiger charge is -2.31. The van der Waals surface area contributed by atoms with Crippen molar-refractivity contribution in [2.45, 2.75) is 45.2 Å². The second-order valence-electron chi connectivity index (χ2n) is 6.44. The van der Waals surface area contributed by atoms with Gasteiger partial charge >= 0.3 is 0 Å². The van der Waals surface area contributed by atoms with Crippen LogP contribution in [0.15, 0.2) is 22.5 Å². The van der Waals surface area contributed by atoms with E-state index in [0.29, 0.717) is 6.04 Å². The normalized spacial score (nSPS) is 20.1. The minimum atomic E-state index is 0. The van der Waals surface area contributed by atoms with Crippen molar-refractivity contribution in [3.05, 3.63) is 22.4 Å². The Balaban J connectivity index is 0.00000192. The SMILES string of the molecule is CCNC(=NCC1CCN(Cc2cccs2)CC1)NC1CC1.I. The van der Waals surface area contributed by atoms with E-state index in [1.165, 1.54) is 43.6 Å². The van der Waals surface area contributed by atoms with E-state index in [1.807, 2.05) is 11.3 Å². The molecule has 0 amide bonds. The molecule has 4 nitrogen and oxygen atoms in total. The average molecular weight is 448 g/mol. The van der Waals surface area contributed by atoms with Crippen molar-refractivity contribution in [2.75, 3.05) is 26.2 Å². The Bertz CT molecular complexity index is 465. The molecule has 2 heterocycles. The van der Waals surface area contributed by atoms with Crippen molar-refractivity contribution in [3.63, 3.8) is 0 Å². The summed E-state index contributed by atoms with van der Waals surface area (Å²) in [6, 6.07) is 5.06. The number of likely N-dealkylation sites (tertiary alicyclic amines) is 1. The predicted molar refractivity (Wildman–Crippen MR) is 110 cm³/mol. The summed E-state index contributed by atoms with van der Waals surface area (Å²) in [4.78, 5) is 8.86. The zero-order valence-electron chi connectivity index (χ0n) is 14.0. The van der Waals surface area contributed by atoms with Gasteiger partial charge in [0.25, 0.3) is 0 Å². The molecular weight excluding hydrogens is 419 g/mol. The van der Waals surface area contributed by atoms with Crippen LogP contribution in [-0.2, 0) is 6.54 Å². The molecule has 2 aliphatic rings. The molecule has 1 aliphatic carbocycles. The number of nitrogens with one attached hydrogen (secondary N) is 2. The first-order valence-corrected chi connectivity index (χ1v) is 9.51. The first kappa shape index (κ1) is 19.0. The third-order valence-electron chi connectivity index (χ3n) is 4.44. The number of nitrogens with zero attached hydrogens (tertiary/aromatic N) is 2. The van der Waals surface area contributed by atoms with Crippen molar-refractivity contribution < 1.29 is 0 Å². The summed E-state index contributed by atoms with van der Waals surface area (Å²) in [6.07, 6.45) is 5.15. The van der Waals surface area contributed by atoms with E-state index in [4.69, 9.17) is 4.99 Å². The number of hydrogen-bond acceptors (Lipinski definition) is 3. The standard InChI is InChI=1S/C17H28N4S.HI/c1-2-18-17(20-15-5-6-15)19-12-14-7-9-21(10-8-14)13-16-4-3-11-22-16;/h3-4,11,14-15H,2,5-10,12-13H2,1H3,(H2,18,19,20);1H. The summed E-state index contributed by atoms with van der Waals surface area (Å²) >= 11 is 1.87. The highest BCUT2D eigenvalue weighted by atomic mass is 127. The number of piperidine rings is 1. The van der Waals surface area contributed by atoms with E-state index in [1.54, 1.807) is 0 Å². The van der Waals surface area contributed by atoms with Crippen molar-refractivity contribution in [1.29, 1.82) is 0 Å². The van der Waals surface area contributed by atoms with Gasteiger partial charge in [-0.05, 0) is 63.1 Å². The summed E-state index contributed by atoms with van der Waals surface area (Å²) in [6.45, 7) is 7.59. The molecular formula is C17H29IN4S. The fraction of sp³-hybridized carbons (Fsp3) is 0.706. The van der Waals surface area contributed by atoms with Gasteiger partial charge in [0.1, 0.15) is 0 Å². The molecule has 1 saturated carbocycles. The van der Waals surface area contributed by atoms with Gasteiger partial charge in [0.15, 0.2) is 5.96 Å². The van der Waals surface area contributed by atoms with E-state index in [2.05, 4.69) is 40.0 Å². The van der Waals surface area contributed by atoms with Crippen LogP contribution in [-0.4, -0.2) is 43.1 Å². The van der Waals surface area contributed by atoms with Crippen LogP contribution < -0.4 is 10.6 Å². The summed E-state index contributed by atoms with van der Waals surface area (Å²) in [5, 5.41) is 9.03. The van der Waals surface area contributed by atoms with E-state index in [9.17, 15) is 0 Å². The van der Waals surface area contributed by atoms with Crippen LogP contribution in [0.5, 0.6) is 0 Å². The van der Waals surface area contributed by atoms with Crippen LogP contribution in [0.4, 0.5) is 0 Å². The molecule has 0 bridgehead atoms. The molecule has 1 aromatic rings.